The summed E-state index contributed by atoms with van der Waals surface area (Å²) in [6.45, 7) is 0.404. The van der Waals surface area contributed by atoms with Crippen LogP contribution in [0.4, 0.5) is 0 Å². The lowest BCUT2D eigenvalue weighted by atomic mass is 9.78. The SMILES string of the molecule is NC1(CCNC(=O)CI)CC=Cc2c1cccc2S(=O)(=O)O. The highest BCUT2D eigenvalue weighted by Crippen LogP contribution is 2.36. The van der Waals surface area contributed by atoms with Gasteiger partial charge in [0.15, 0.2) is 0 Å². The van der Waals surface area contributed by atoms with Crippen LogP contribution in [-0.4, -0.2) is 29.9 Å². The molecule has 0 aliphatic heterocycles. The molecule has 1 aliphatic rings. The molecule has 1 atom stereocenters. The monoisotopic (exact) mass is 436 g/mol. The van der Waals surface area contributed by atoms with E-state index in [4.69, 9.17) is 5.73 Å². The molecule has 120 valence electrons. The number of carbonyl (C=O) groups excluding carboxylic acids is 1. The normalized spacial score (nSPS) is 20.5. The second-order valence-corrected chi connectivity index (χ2v) is 7.34. The number of hydrogen-bond donors (Lipinski definition) is 3. The number of rotatable bonds is 5. The molecule has 0 saturated carbocycles. The molecule has 0 aromatic heterocycles. The van der Waals surface area contributed by atoms with Crippen LogP contribution in [0.2, 0.25) is 0 Å². The van der Waals surface area contributed by atoms with Crippen molar-refractivity contribution in [1.29, 1.82) is 0 Å². The Morgan fingerprint density at radius 1 is 1.45 bits per heavy atom. The Labute approximate surface area is 143 Å². The van der Waals surface area contributed by atoms with Crippen molar-refractivity contribution in [1.82, 2.24) is 5.32 Å². The first-order chi connectivity index (χ1) is 10.3. The third kappa shape index (κ3) is 3.67. The van der Waals surface area contributed by atoms with Crippen molar-refractivity contribution in [2.45, 2.75) is 23.3 Å². The summed E-state index contributed by atoms with van der Waals surface area (Å²) >= 11 is 1.98. The number of benzene rings is 1. The van der Waals surface area contributed by atoms with Gasteiger partial charge in [0.05, 0.1) is 4.43 Å². The van der Waals surface area contributed by atoms with E-state index < -0.39 is 15.7 Å². The van der Waals surface area contributed by atoms with Gasteiger partial charge in [0, 0.05) is 17.6 Å². The van der Waals surface area contributed by atoms with E-state index in [1.165, 1.54) is 6.07 Å². The van der Waals surface area contributed by atoms with Crippen LogP contribution < -0.4 is 11.1 Å². The molecule has 2 rings (SSSR count). The zero-order valence-electron chi connectivity index (χ0n) is 11.8. The highest BCUT2D eigenvalue weighted by molar-refractivity contribution is 14.1. The minimum Gasteiger partial charge on any atom is -0.355 e. The summed E-state index contributed by atoms with van der Waals surface area (Å²) in [5.41, 5.74) is 6.73. The average molecular weight is 436 g/mol. The van der Waals surface area contributed by atoms with Crippen molar-refractivity contribution < 1.29 is 17.8 Å². The van der Waals surface area contributed by atoms with Crippen molar-refractivity contribution in [2.24, 2.45) is 5.73 Å². The van der Waals surface area contributed by atoms with E-state index in [1.807, 2.05) is 22.6 Å². The maximum atomic E-state index is 11.5. The first kappa shape index (κ1) is 17.4. The lowest BCUT2D eigenvalue weighted by molar-refractivity contribution is -0.118. The number of fused-ring (bicyclic) bond motifs is 1. The molecule has 0 spiro atoms. The van der Waals surface area contributed by atoms with Crippen molar-refractivity contribution in [3.05, 3.63) is 35.4 Å². The molecular weight excluding hydrogens is 419 g/mol. The zero-order valence-corrected chi connectivity index (χ0v) is 14.7. The Morgan fingerprint density at radius 3 is 2.82 bits per heavy atom. The van der Waals surface area contributed by atoms with E-state index in [-0.39, 0.29) is 10.8 Å². The third-order valence-electron chi connectivity index (χ3n) is 3.66. The molecule has 1 aromatic carbocycles. The average Bonchev–Trinajstić information content (AvgIpc) is 2.46. The van der Waals surface area contributed by atoms with Gasteiger partial charge in [-0.15, -0.1) is 0 Å². The largest absolute Gasteiger partial charge is 0.355 e. The van der Waals surface area contributed by atoms with Crippen LogP contribution in [0.5, 0.6) is 0 Å². The summed E-state index contributed by atoms with van der Waals surface area (Å²) < 4.78 is 32.7. The lowest BCUT2D eigenvalue weighted by Gasteiger charge is -2.33. The summed E-state index contributed by atoms with van der Waals surface area (Å²) in [6, 6.07) is 4.67. The first-order valence-corrected chi connectivity index (χ1v) is 9.63. The molecule has 1 aliphatic carbocycles. The van der Waals surface area contributed by atoms with Gasteiger partial charge in [-0.25, -0.2) is 0 Å². The van der Waals surface area contributed by atoms with Gasteiger partial charge in [-0.3, -0.25) is 9.35 Å². The van der Waals surface area contributed by atoms with Crippen molar-refractivity contribution in [2.75, 3.05) is 11.0 Å². The minimum absolute atomic E-state index is 0.0672. The number of hydrogen-bond acceptors (Lipinski definition) is 4. The summed E-state index contributed by atoms with van der Waals surface area (Å²) in [4.78, 5) is 11.2. The molecule has 0 saturated heterocycles. The zero-order chi connectivity index (χ0) is 16.4. The Hall–Kier alpha value is -0.970. The van der Waals surface area contributed by atoms with E-state index in [0.717, 1.165) is 0 Å². The summed E-state index contributed by atoms with van der Waals surface area (Å²) in [5, 5.41) is 2.76. The fourth-order valence-corrected chi connectivity index (χ4v) is 3.56. The minimum atomic E-state index is -4.31. The number of nitrogens with two attached hydrogens (primary N) is 1. The predicted octanol–water partition coefficient (Wildman–Crippen LogP) is 1.45. The first-order valence-electron chi connectivity index (χ1n) is 6.67. The Balaban J connectivity index is 2.32. The lowest BCUT2D eigenvalue weighted by Crippen LogP contribution is -2.42. The smallest absolute Gasteiger partial charge is 0.295 e. The Morgan fingerprint density at radius 2 is 2.18 bits per heavy atom. The van der Waals surface area contributed by atoms with Crippen LogP contribution in [0.15, 0.2) is 29.2 Å². The fraction of sp³-hybridized carbons (Fsp3) is 0.357. The van der Waals surface area contributed by atoms with E-state index in [9.17, 15) is 17.8 Å². The van der Waals surface area contributed by atoms with Crippen molar-refractivity contribution in [3.8, 4) is 0 Å². The van der Waals surface area contributed by atoms with E-state index in [1.54, 1.807) is 24.3 Å². The van der Waals surface area contributed by atoms with E-state index in [2.05, 4.69) is 5.32 Å². The summed E-state index contributed by atoms with van der Waals surface area (Å²) in [7, 11) is -4.31. The van der Waals surface area contributed by atoms with Gasteiger partial charge >= 0.3 is 0 Å². The van der Waals surface area contributed by atoms with Crippen LogP contribution in [0.1, 0.15) is 24.0 Å². The van der Waals surface area contributed by atoms with Crippen molar-refractivity contribution >= 4 is 44.7 Å². The molecule has 4 N–H and O–H groups in total. The number of carbonyl (C=O) groups is 1. The number of amides is 1. The van der Waals surface area contributed by atoms with Crippen LogP contribution in [0, 0.1) is 0 Å². The van der Waals surface area contributed by atoms with Gasteiger partial charge in [-0.05, 0) is 24.5 Å². The van der Waals surface area contributed by atoms with Crippen LogP contribution in [-0.2, 0) is 20.5 Å². The molecule has 22 heavy (non-hydrogen) atoms. The molecular formula is C14H17IN2O4S. The molecule has 0 fully saturated rings. The maximum absolute atomic E-state index is 11.5. The van der Waals surface area contributed by atoms with Gasteiger partial charge < -0.3 is 11.1 Å². The molecule has 1 aromatic rings. The maximum Gasteiger partial charge on any atom is 0.295 e. The van der Waals surface area contributed by atoms with Crippen molar-refractivity contribution in [3.63, 3.8) is 0 Å². The van der Waals surface area contributed by atoms with E-state index in [0.29, 0.717) is 34.9 Å². The molecule has 6 nitrogen and oxygen atoms in total. The standard InChI is InChI=1S/C14H17IN2O4S/c15-9-13(18)17-8-7-14(16)6-2-3-10-11(14)4-1-5-12(10)22(19,20)21/h1-5H,6-9,16H2,(H,17,18)(H,19,20,21). The van der Waals surface area contributed by atoms with Crippen LogP contribution >= 0.6 is 22.6 Å². The second kappa shape index (κ2) is 6.65. The topological polar surface area (TPSA) is 109 Å². The fourth-order valence-electron chi connectivity index (χ4n) is 2.58. The highest BCUT2D eigenvalue weighted by atomic mass is 127. The van der Waals surface area contributed by atoms with E-state index >= 15 is 0 Å². The van der Waals surface area contributed by atoms with Crippen LogP contribution in [0.25, 0.3) is 6.08 Å². The highest BCUT2D eigenvalue weighted by Gasteiger charge is 2.32. The van der Waals surface area contributed by atoms with Gasteiger partial charge in [0.25, 0.3) is 10.1 Å². The third-order valence-corrected chi connectivity index (χ3v) is 5.27. The number of alkyl halides is 1. The molecule has 0 radical (unpaired) electrons. The Kier molecular flexibility index (Phi) is 5.25. The molecule has 1 unspecified atom stereocenters. The van der Waals surface area contributed by atoms with Gasteiger partial charge in [-0.1, -0.05) is 46.9 Å². The van der Waals surface area contributed by atoms with Gasteiger partial charge in [0.2, 0.25) is 5.91 Å². The van der Waals surface area contributed by atoms with Gasteiger partial charge in [-0.2, -0.15) is 8.42 Å². The molecule has 0 heterocycles. The quantitative estimate of drug-likeness (QED) is 0.368. The number of halogens is 1. The van der Waals surface area contributed by atoms with Crippen LogP contribution in [0.3, 0.4) is 0 Å². The molecule has 0 bridgehead atoms. The second-order valence-electron chi connectivity index (χ2n) is 5.19. The summed E-state index contributed by atoms with van der Waals surface area (Å²) in [5.74, 6) is -0.0672. The molecule has 1 amide bonds. The molecule has 8 heteroatoms. The number of nitrogens with one attached hydrogen (secondary N) is 1. The predicted molar refractivity (Wildman–Crippen MR) is 92.3 cm³/mol. The van der Waals surface area contributed by atoms with Gasteiger partial charge in [0.1, 0.15) is 4.90 Å². The summed E-state index contributed by atoms with van der Waals surface area (Å²) in [6.07, 6.45) is 4.46. The Bertz CT molecular complexity index is 718.